The lowest BCUT2D eigenvalue weighted by molar-refractivity contribution is 0.346. The molecule has 0 unspecified atom stereocenters. The summed E-state index contributed by atoms with van der Waals surface area (Å²) in [5.41, 5.74) is 6.62. The van der Waals surface area contributed by atoms with Gasteiger partial charge in [-0.3, -0.25) is 0 Å². The van der Waals surface area contributed by atoms with Gasteiger partial charge in [0, 0.05) is 31.4 Å². The molecular formula is C14H20FN3S. The van der Waals surface area contributed by atoms with Crippen molar-refractivity contribution in [2.75, 3.05) is 38.1 Å². The van der Waals surface area contributed by atoms with Crippen LogP contribution in [-0.4, -0.2) is 43.1 Å². The molecule has 0 saturated carbocycles. The molecule has 1 fully saturated rings. The Morgan fingerprint density at radius 1 is 1.42 bits per heavy atom. The second-order valence-electron chi connectivity index (χ2n) is 5.00. The fourth-order valence-corrected chi connectivity index (χ4v) is 2.53. The highest BCUT2D eigenvalue weighted by molar-refractivity contribution is 7.80. The summed E-state index contributed by atoms with van der Waals surface area (Å²) >= 11 is 4.80. The van der Waals surface area contributed by atoms with Crippen LogP contribution >= 0.6 is 12.2 Å². The van der Waals surface area contributed by atoms with Crippen LogP contribution in [0.4, 0.5) is 10.1 Å². The minimum Gasteiger partial charge on any atom is -0.389 e. The van der Waals surface area contributed by atoms with Gasteiger partial charge < -0.3 is 15.5 Å². The number of likely N-dealkylation sites (N-methyl/N-ethyl adjacent to an activating group) is 1. The van der Waals surface area contributed by atoms with E-state index in [1.54, 1.807) is 6.07 Å². The number of thiocarbonyl (C=S) groups is 1. The lowest BCUT2D eigenvalue weighted by Gasteiger charge is -2.23. The molecule has 0 amide bonds. The highest BCUT2D eigenvalue weighted by Gasteiger charge is 2.13. The number of nitrogens with zero attached hydrogens (tertiary/aromatic N) is 2. The SMILES string of the molecule is CN(CCN1CCCC1)c1ccc(C(N)=S)c(F)c1. The van der Waals surface area contributed by atoms with E-state index in [4.69, 9.17) is 18.0 Å². The first-order chi connectivity index (χ1) is 9.08. The monoisotopic (exact) mass is 281 g/mol. The summed E-state index contributed by atoms with van der Waals surface area (Å²) in [6, 6.07) is 5.01. The standard InChI is InChI=1S/C14H20FN3S/c1-17(8-9-18-6-2-3-7-18)11-4-5-12(14(16)19)13(15)10-11/h4-5,10H,2-3,6-9H2,1H3,(H2,16,19). The lowest BCUT2D eigenvalue weighted by atomic mass is 10.2. The zero-order valence-electron chi connectivity index (χ0n) is 11.2. The molecule has 0 bridgehead atoms. The van der Waals surface area contributed by atoms with E-state index in [1.807, 2.05) is 13.1 Å². The molecule has 1 aromatic rings. The van der Waals surface area contributed by atoms with Gasteiger partial charge in [-0.1, -0.05) is 12.2 Å². The summed E-state index contributed by atoms with van der Waals surface area (Å²) in [5, 5.41) is 0. The van der Waals surface area contributed by atoms with Crippen molar-refractivity contribution >= 4 is 22.9 Å². The van der Waals surface area contributed by atoms with E-state index < -0.39 is 0 Å². The molecule has 0 aliphatic carbocycles. The molecule has 0 spiro atoms. The van der Waals surface area contributed by atoms with Crippen molar-refractivity contribution in [3.8, 4) is 0 Å². The Balaban J connectivity index is 1.96. The summed E-state index contributed by atoms with van der Waals surface area (Å²) in [6.07, 6.45) is 2.59. The second kappa shape index (κ2) is 6.30. The summed E-state index contributed by atoms with van der Waals surface area (Å²) in [6.45, 7) is 4.28. The van der Waals surface area contributed by atoms with Gasteiger partial charge in [0.05, 0.1) is 0 Å². The average molecular weight is 281 g/mol. The maximum atomic E-state index is 13.8. The van der Waals surface area contributed by atoms with Gasteiger partial charge in [0.1, 0.15) is 10.8 Å². The number of hydrogen-bond donors (Lipinski definition) is 1. The third-order valence-electron chi connectivity index (χ3n) is 3.61. The van der Waals surface area contributed by atoms with E-state index in [0.29, 0.717) is 5.56 Å². The van der Waals surface area contributed by atoms with E-state index in [1.165, 1.54) is 32.0 Å². The fourth-order valence-electron chi connectivity index (χ4n) is 2.37. The van der Waals surface area contributed by atoms with Crippen molar-refractivity contribution < 1.29 is 4.39 Å². The van der Waals surface area contributed by atoms with Gasteiger partial charge in [0.2, 0.25) is 0 Å². The van der Waals surface area contributed by atoms with Crippen LogP contribution in [0, 0.1) is 5.82 Å². The molecule has 104 valence electrons. The van der Waals surface area contributed by atoms with E-state index in [2.05, 4.69) is 9.80 Å². The van der Waals surface area contributed by atoms with Crippen LogP contribution in [-0.2, 0) is 0 Å². The van der Waals surface area contributed by atoms with E-state index in [-0.39, 0.29) is 10.8 Å². The maximum Gasteiger partial charge on any atom is 0.135 e. The molecule has 2 N–H and O–H groups in total. The molecule has 19 heavy (non-hydrogen) atoms. The van der Waals surface area contributed by atoms with Crippen LogP contribution in [0.25, 0.3) is 0 Å². The van der Waals surface area contributed by atoms with E-state index >= 15 is 0 Å². The molecule has 0 atom stereocenters. The van der Waals surface area contributed by atoms with Crippen LogP contribution < -0.4 is 10.6 Å². The normalized spacial score (nSPS) is 15.7. The van der Waals surface area contributed by atoms with Crippen molar-refractivity contribution in [3.63, 3.8) is 0 Å². The summed E-state index contributed by atoms with van der Waals surface area (Å²) < 4.78 is 13.8. The largest absolute Gasteiger partial charge is 0.389 e. The van der Waals surface area contributed by atoms with Gasteiger partial charge in [-0.05, 0) is 44.1 Å². The van der Waals surface area contributed by atoms with Crippen LogP contribution in [0.3, 0.4) is 0 Å². The molecule has 1 aliphatic rings. The molecule has 1 heterocycles. The first-order valence-corrected chi connectivity index (χ1v) is 7.01. The highest BCUT2D eigenvalue weighted by Crippen LogP contribution is 2.18. The summed E-state index contributed by atoms with van der Waals surface area (Å²) in [4.78, 5) is 4.60. The van der Waals surface area contributed by atoms with Crippen molar-refractivity contribution in [2.24, 2.45) is 5.73 Å². The van der Waals surface area contributed by atoms with E-state index in [9.17, 15) is 4.39 Å². The molecule has 3 nitrogen and oxygen atoms in total. The zero-order valence-corrected chi connectivity index (χ0v) is 12.0. The van der Waals surface area contributed by atoms with Gasteiger partial charge >= 0.3 is 0 Å². The van der Waals surface area contributed by atoms with Crippen molar-refractivity contribution in [2.45, 2.75) is 12.8 Å². The predicted octanol–water partition coefficient (Wildman–Crippen LogP) is 1.99. The van der Waals surface area contributed by atoms with Gasteiger partial charge in [-0.2, -0.15) is 0 Å². The summed E-state index contributed by atoms with van der Waals surface area (Å²) in [5.74, 6) is -0.349. The van der Waals surface area contributed by atoms with Crippen LogP contribution in [0.15, 0.2) is 18.2 Å². The van der Waals surface area contributed by atoms with Crippen molar-refractivity contribution in [3.05, 3.63) is 29.6 Å². The number of nitrogens with two attached hydrogens (primary N) is 1. The van der Waals surface area contributed by atoms with Gasteiger partial charge in [-0.15, -0.1) is 0 Å². The first kappa shape index (κ1) is 14.2. The Labute approximate surface area is 119 Å². The Bertz CT molecular complexity index is 458. The quantitative estimate of drug-likeness (QED) is 0.837. The average Bonchev–Trinajstić information content (AvgIpc) is 2.88. The van der Waals surface area contributed by atoms with Crippen LogP contribution in [0.1, 0.15) is 18.4 Å². The number of benzene rings is 1. The molecule has 0 radical (unpaired) electrons. The lowest BCUT2D eigenvalue weighted by Crippen LogP contribution is -2.31. The molecule has 2 rings (SSSR count). The van der Waals surface area contributed by atoms with Crippen LogP contribution in [0.2, 0.25) is 0 Å². The fraction of sp³-hybridized carbons (Fsp3) is 0.500. The maximum absolute atomic E-state index is 13.8. The highest BCUT2D eigenvalue weighted by atomic mass is 32.1. The summed E-state index contributed by atoms with van der Waals surface area (Å²) in [7, 11) is 1.98. The predicted molar refractivity (Wildman–Crippen MR) is 81.2 cm³/mol. The Kier molecular flexibility index (Phi) is 4.71. The third-order valence-corrected chi connectivity index (χ3v) is 3.83. The molecule has 1 saturated heterocycles. The first-order valence-electron chi connectivity index (χ1n) is 6.61. The Morgan fingerprint density at radius 2 is 2.11 bits per heavy atom. The number of likely N-dealkylation sites (tertiary alicyclic amines) is 1. The van der Waals surface area contributed by atoms with E-state index in [0.717, 1.165) is 18.8 Å². The van der Waals surface area contributed by atoms with Crippen molar-refractivity contribution in [1.29, 1.82) is 0 Å². The van der Waals surface area contributed by atoms with Crippen molar-refractivity contribution in [1.82, 2.24) is 4.90 Å². The van der Waals surface area contributed by atoms with Gasteiger partial charge in [-0.25, -0.2) is 4.39 Å². The number of hydrogen-bond acceptors (Lipinski definition) is 3. The zero-order chi connectivity index (χ0) is 13.8. The second-order valence-corrected chi connectivity index (χ2v) is 5.44. The Hall–Kier alpha value is -1.20. The van der Waals surface area contributed by atoms with Gasteiger partial charge in [0.25, 0.3) is 0 Å². The topological polar surface area (TPSA) is 32.5 Å². The molecule has 0 aromatic heterocycles. The molecule has 1 aromatic carbocycles. The van der Waals surface area contributed by atoms with Crippen LogP contribution in [0.5, 0.6) is 0 Å². The van der Waals surface area contributed by atoms with Gasteiger partial charge in [0.15, 0.2) is 0 Å². The molecular weight excluding hydrogens is 261 g/mol. The number of rotatable bonds is 5. The molecule has 1 aliphatic heterocycles. The number of halogens is 1. The minimum absolute atomic E-state index is 0.101. The smallest absolute Gasteiger partial charge is 0.135 e. The Morgan fingerprint density at radius 3 is 2.68 bits per heavy atom. The number of anilines is 1. The molecule has 5 heteroatoms. The third kappa shape index (κ3) is 3.64. The minimum atomic E-state index is -0.349.